The maximum atomic E-state index is 12.5. The van der Waals surface area contributed by atoms with Crippen molar-refractivity contribution in [2.75, 3.05) is 0 Å². The lowest BCUT2D eigenvalue weighted by atomic mass is 9.87. The largest absolute Gasteiger partial charge is 0.276 e. The summed E-state index contributed by atoms with van der Waals surface area (Å²) >= 11 is 0. The maximum absolute atomic E-state index is 12.5. The van der Waals surface area contributed by atoms with Crippen LogP contribution in [0.3, 0.4) is 0 Å². The Hall–Kier alpha value is -2.21. The topological polar surface area (TPSA) is 71.4 Å². The molecule has 0 bridgehead atoms. The van der Waals surface area contributed by atoms with E-state index in [4.69, 9.17) is 0 Å². The van der Waals surface area contributed by atoms with Crippen LogP contribution >= 0.6 is 0 Å². The van der Waals surface area contributed by atoms with Crippen molar-refractivity contribution in [3.8, 4) is 0 Å². The van der Waals surface area contributed by atoms with Gasteiger partial charge >= 0.3 is 0 Å². The first kappa shape index (κ1) is 17.1. The van der Waals surface area contributed by atoms with E-state index < -0.39 is 10.0 Å². The highest BCUT2D eigenvalue weighted by Crippen LogP contribution is 2.26. The second-order valence-electron chi connectivity index (χ2n) is 6.37. The van der Waals surface area contributed by atoms with Gasteiger partial charge in [-0.2, -0.15) is 13.5 Å². The van der Waals surface area contributed by atoms with Crippen LogP contribution in [0.2, 0.25) is 0 Å². The molecule has 1 N–H and O–H groups in total. The van der Waals surface area contributed by atoms with Crippen molar-refractivity contribution in [2.24, 2.45) is 5.10 Å². The Labute approximate surface area is 137 Å². The second kappa shape index (κ2) is 6.50. The zero-order valence-electron chi connectivity index (χ0n) is 13.7. The standard InChI is InChI=1S/C17H21N3O2S/c1-13-7-8-15(17(2,3)4)10-16(13)23(21,22)20-19-12-14-6-5-9-18-11-14/h5-12,20H,1-4H3/b19-12+. The minimum absolute atomic E-state index is 0.128. The lowest BCUT2D eigenvalue weighted by Gasteiger charge is -2.20. The van der Waals surface area contributed by atoms with Gasteiger partial charge in [-0.3, -0.25) is 4.98 Å². The fourth-order valence-corrected chi connectivity index (χ4v) is 3.09. The van der Waals surface area contributed by atoms with E-state index in [-0.39, 0.29) is 10.3 Å². The van der Waals surface area contributed by atoms with Gasteiger partial charge in [-0.05, 0) is 35.6 Å². The van der Waals surface area contributed by atoms with Crippen molar-refractivity contribution in [1.82, 2.24) is 9.82 Å². The summed E-state index contributed by atoms with van der Waals surface area (Å²) < 4.78 is 25.0. The van der Waals surface area contributed by atoms with Crippen LogP contribution in [0.1, 0.15) is 37.5 Å². The molecule has 0 unspecified atom stereocenters. The number of nitrogens with one attached hydrogen (secondary N) is 1. The van der Waals surface area contributed by atoms with Gasteiger partial charge in [0, 0.05) is 18.0 Å². The van der Waals surface area contributed by atoms with Crippen LogP contribution in [0.4, 0.5) is 0 Å². The zero-order chi connectivity index (χ0) is 17.1. The predicted octanol–water partition coefficient (Wildman–Crippen LogP) is 3.00. The van der Waals surface area contributed by atoms with E-state index in [2.05, 4.69) is 14.9 Å². The molecule has 0 fully saturated rings. The Morgan fingerprint density at radius 2 is 1.96 bits per heavy atom. The molecule has 0 aliphatic carbocycles. The van der Waals surface area contributed by atoms with E-state index in [1.807, 2.05) is 32.9 Å². The van der Waals surface area contributed by atoms with Crippen LogP contribution in [0.25, 0.3) is 0 Å². The molecule has 23 heavy (non-hydrogen) atoms. The van der Waals surface area contributed by atoms with Crippen LogP contribution < -0.4 is 4.83 Å². The molecule has 0 amide bonds. The quantitative estimate of drug-likeness (QED) is 0.691. The first-order valence-electron chi connectivity index (χ1n) is 7.26. The Morgan fingerprint density at radius 1 is 1.22 bits per heavy atom. The Morgan fingerprint density at radius 3 is 2.57 bits per heavy atom. The average molecular weight is 331 g/mol. The molecule has 6 heteroatoms. The molecule has 0 aliphatic rings. The summed E-state index contributed by atoms with van der Waals surface area (Å²) in [7, 11) is -3.71. The van der Waals surface area contributed by atoms with Crippen LogP contribution in [0.15, 0.2) is 52.7 Å². The number of hydrogen-bond donors (Lipinski definition) is 1. The third-order valence-electron chi connectivity index (χ3n) is 3.41. The summed E-state index contributed by atoms with van der Waals surface area (Å²) in [6.07, 6.45) is 4.67. The van der Waals surface area contributed by atoms with E-state index in [9.17, 15) is 8.42 Å². The van der Waals surface area contributed by atoms with Gasteiger partial charge in [-0.25, -0.2) is 4.83 Å². The summed E-state index contributed by atoms with van der Waals surface area (Å²) in [6, 6.07) is 9.02. The summed E-state index contributed by atoms with van der Waals surface area (Å²) in [5, 5.41) is 3.82. The van der Waals surface area contributed by atoms with Crippen molar-refractivity contribution in [1.29, 1.82) is 0 Å². The van der Waals surface area contributed by atoms with Gasteiger partial charge in [0.1, 0.15) is 0 Å². The van der Waals surface area contributed by atoms with Crippen molar-refractivity contribution < 1.29 is 8.42 Å². The van der Waals surface area contributed by atoms with Crippen molar-refractivity contribution >= 4 is 16.2 Å². The third kappa shape index (κ3) is 4.39. The van der Waals surface area contributed by atoms with Gasteiger partial charge in [0.15, 0.2) is 0 Å². The Kier molecular flexibility index (Phi) is 4.85. The SMILES string of the molecule is Cc1ccc(C(C)(C)C)cc1S(=O)(=O)N/N=C/c1cccnc1. The number of benzene rings is 1. The Balaban J connectivity index is 2.28. The minimum atomic E-state index is -3.71. The third-order valence-corrected chi connectivity index (χ3v) is 4.78. The van der Waals surface area contributed by atoms with Gasteiger partial charge in [0.25, 0.3) is 10.0 Å². The molecule has 1 heterocycles. The zero-order valence-corrected chi connectivity index (χ0v) is 14.6. The van der Waals surface area contributed by atoms with E-state index in [1.54, 1.807) is 37.5 Å². The summed E-state index contributed by atoms with van der Waals surface area (Å²) in [6.45, 7) is 7.90. The van der Waals surface area contributed by atoms with Crippen molar-refractivity contribution in [2.45, 2.75) is 38.0 Å². The smallest absolute Gasteiger partial charge is 0.264 e. The highest BCUT2D eigenvalue weighted by molar-refractivity contribution is 7.89. The maximum Gasteiger partial charge on any atom is 0.276 e. The molecule has 122 valence electrons. The number of rotatable bonds is 4. The summed E-state index contributed by atoms with van der Waals surface area (Å²) in [5.74, 6) is 0. The molecule has 0 spiro atoms. The van der Waals surface area contributed by atoms with Gasteiger partial charge < -0.3 is 0 Å². The van der Waals surface area contributed by atoms with Gasteiger partial charge in [0.05, 0.1) is 11.1 Å². The molecular formula is C17H21N3O2S. The number of aryl methyl sites for hydroxylation is 1. The first-order valence-corrected chi connectivity index (χ1v) is 8.74. The van der Waals surface area contributed by atoms with E-state index >= 15 is 0 Å². The predicted molar refractivity (Wildman–Crippen MR) is 92.0 cm³/mol. The average Bonchev–Trinajstić information content (AvgIpc) is 2.47. The van der Waals surface area contributed by atoms with Crippen molar-refractivity contribution in [3.05, 3.63) is 59.4 Å². The molecule has 2 aromatic rings. The van der Waals surface area contributed by atoms with Crippen LogP contribution in [0, 0.1) is 6.92 Å². The number of hydrazone groups is 1. The van der Waals surface area contributed by atoms with Gasteiger partial charge in [-0.15, -0.1) is 0 Å². The molecule has 1 aromatic carbocycles. The van der Waals surface area contributed by atoms with Gasteiger partial charge in [0.2, 0.25) is 0 Å². The van der Waals surface area contributed by atoms with E-state index in [0.717, 1.165) is 11.1 Å². The molecule has 0 aliphatic heterocycles. The molecule has 5 nitrogen and oxygen atoms in total. The molecule has 0 saturated carbocycles. The first-order chi connectivity index (χ1) is 10.7. The molecule has 0 atom stereocenters. The fraction of sp³-hybridized carbons (Fsp3) is 0.294. The number of pyridine rings is 1. The van der Waals surface area contributed by atoms with Crippen LogP contribution in [0.5, 0.6) is 0 Å². The minimum Gasteiger partial charge on any atom is -0.264 e. The lowest BCUT2D eigenvalue weighted by molar-refractivity contribution is 0.577. The molecule has 0 saturated heterocycles. The second-order valence-corrected chi connectivity index (χ2v) is 8.00. The number of nitrogens with zero attached hydrogens (tertiary/aromatic N) is 2. The monoisotopic (exact) mass is 331 g/mol. The van der Waals surface area contributed by atoms with E-state index in [0.29, 0.717) is 5.56 Å². The van der Waals surface area contributed by atoms with Crippen LogP contribution in [-0.2, 0) is 15.4 Å². The Bertz CT molecular complexity index is 807. The highest BCUT2D eigenvalue weighted by Gasteiger charge is 2.20. The summed E-state index contributed by atoms with van der Waals surface area (Å²) in [4.78, 5) is 6.44. The number of sulfonamides is 1. The fourth-order valence-electron chi connectivity index (χ4n) is 2.03. The molecule has 0 radical (unpaired) electrons. The van der Waals surface area contributed by atoms with Gasteiger partial charge in [-0.1, -0.05) is 39.0 Å². The molecule has 1 aromatic heterocycles. The summed E-state index contributed by atoms with van der Waals surface area (Å²) in [5.41, 5.74) is 2.23. The number of aromatic nitrogens is 1. The van der Waals surface area contributed by atoms with E-state index in [1.165, 1.54) is 6.21 Å². The molecular weight excluding hydrogens is 310 g/mol. The van der Waals surface area contributed by atoms with Crippen molar-refractivity contribution in [3.63, 3.8) is 0 Å². The van der Waals surface area contributed by atoms with Crippen LogP contribution in [-0.4, -0.2) is 19.6 Å². The number of hydrogen-bond acceptors (Lipinski definition) is 4. The lowest BCUT2D eigenvalue weighted by Crippen LogP contribution is -2.21. The highest BCUT2D eigenvalue weighted by atomic mass is 32.2. The molecule has 2 rings (SSSR count). The normalized spacial score (nSPS) is 12.5.